The molecule has 0 aliphatic rings. The van der Waals surface area contributed by atoms with Crippen LogP contribution in [0.2, 0.25) is 0 Å². The largest absolute Gasteiger partial charge is 0.384 e. The Morgan fingerprint density at radius 1 is 1.08 bits per heavy atom. The van der Waals surface area contributed by atoms with Crippen LogP contribution in [0.5, 0.6) is 0 Å². The molecule has 0 saturated carbocycles. The predicted octanol–water partition coefficient (Wildman–Crippen LogP) is 0.622. The lowest BCUT2D eigenvalue weighted by Gasteiger charge is -2.22. The maximum Gasteiger partial charge on any atom is 0.249 e. The van der Waals surface area contributed by atoms with Gasteiger partial charge in [-0.1, -0.05) is 20.8 Å². The molecule has 12 heavy (non-hydrogen) atoms. The smallest absolute Gasteiger partial charge is 0.249 e. The first-order chi connectivity index (χ1) is 5.39. The molecule has 1 aromatic rings. The van der Waals surface area contributed by atoms with E-state index in [1.807, 2.05) is 20.8 Å². The van der Waals surface area contributed by atoms with E-state index in [1.54, 1.807) is 7.05 Å². The van der Waals surface area contributed by atoms with Gasteiger partial charge in [-0.05, 0) is 5.41 Å². The van der Waals surface area contributed by atoms with Gasteiger partial charge in [0.05, 0.1) is 5.69 Å². The Hall–Kier alpha value is -1.12. The van der Waals surface area contributed by atoms with Gasteiger partial charge in [0, 0.05) is 12.6 Å². The number of hydrogen-bond acceptors (Lipinski definition) is 3. The molecule has 0 radical (unpaired) electrons. The Kier molecular flexibility index (Phi) is 1.82. The lowest BCUT2D eigenvalue weighted by Crippen LogP contribution is -2.43. The normalized spacial score (nSPS) is 12.0. The molecule has 0 fully saturated rings. The van der Waals surface area contributed by atoms with Crippen molar-refractivity contribution in [3.63, 3.8) is 0 Å². The fourth-order valence-corrected chi connectivity index (χ4v) is 1.35. The summed E-state index contributed by atoms with van der Waals surface area (Å²) in [6, 6.07) is 0. The second kappa shape index (κ2) is 2.44. The van der Waals surface area contributed by atoms with Crippen LogP contribution in [0.4, 0.5) is 5.69 Å². The summed E-state index contributed by atoms with van der Waals surface area (Å²) in [5.74, 6) is 0. The van der Waals surface area contributed by atoms with E-state index in [2.05, 4.69) is 5.32 Å². The van der Waals surface area contributed by atoms with Crippen molar-refractivity contribution < 1.29 is 0 Å². The number of anilines is 1. The molecule has 0 unspecified atom stereocenters. The molecule has 66 valence electrons. The molecular weight excluding hydrogens is 154 g/mol. The molecule has 0 amide bonds. The minimum absolute atomic E-state index is 0.233. The van der Waals surface area contributed by atoms with Crippen LogP contribution in [0.1, 0.15) is 26.3 Å². The number of rotatable bonds is 1. The van der Waals surface area contributed by atoms with Gasteiger partial charge in [-0.2, -0.15) is 0 Å². The Morgan fingerprint density at radius 3 is 1.83 bits per heavy atom. The molecule has 1 aromatic carbocycles. The fourth-order valence-electron chi connectivity index (χ4n) is 1.35. The summed E-state index contributed by atoms with van der Waals surface area (Å²) in [6.45, 7) is 5.76. The summed E-state index contributed by atoms with van der Waals surface area (Å²) in [7, 11) is 1.66. The van der Waals surface area contributed by atoms with Crippen LogP contribution in [-0.2, 0) is 5.41 Å². The molecule has 0 heterocycles. The van der Waals surface area contributed by atoms with Crippen molar-refractivity contribution in [2.75, 3.05) is 12.4 Å². The number of nitrogens with one attached hydrogen (secondary N) is 1. The van der Waals surface area contributed by atoms with E-state index in [1.165, 1.54) is 0 Å². The van der Waals surface area contributed by atoms with E-state index in [-0.39, 0.29) is 16.3 Å². The highest BCUT2D eigenvalue weighted by atomic mass is 16.2. The van der Waals surface area contributed by atoms with Gasteiger partial charge >= 0.3 is 0 Å². The van der Waals surface area contributed by atoms with E-state index in [9.17, 15) is 9.59 Å². The fraction of sp³-hybridized carbons (Fsp3) is 0.556. The van der Waals surface area contributed by atoms with Gasteiger partial charge in [-0.25, -0.2) is 0 Å². The minimum atomic E-state index is -0.387. The van der Waals surface area contributed by atoms with Crippen LogP contribution < -0.4 is 16.2 Å². The lowest BCUT2D eigenvalue weighted by molar-refractivity contribution is 0.581. The van der Waals surface area contributed by atoms with Crippen molar-refractivity contribution in [3.8, 4) is 0 Å². The van der Waals surface area contributed by atoms with Crippen LogP contribution in [0.15, 0.2) is 9.59 Å². The standard InChI is InChI=1S/C9H13NO2/c1-9(2,3)5-6(10-4)8(12)7(5)11/h10H,1-4H3. The van der Waals surface area contributed by atoms with Crippen molar-refractivity contribution in [2.24, 2.45) is 0 Å². The summed E-state index contributed by atoms with van der Waals surface area (Å²) in [6.07, 6.45) is 0. The van der Waals surface area contributed by atoms with Crippen molar-refractivity contribution in [2.45, 2.75) is 26.2 Å². The average molecular weight is 167 g/mol. The Bertz CT molecular complexity index is 364. The highest BCUT2D eigenvalue weighted by Gasteiger charge is 2.29. The molecule has 0 aliphatic carbocycles. The van der Waals surface area contributed by atoms with Gasteiger partial charge in [0.1, 0.15) is 0 Å². The summed E-state index contributed by atoms with van der Waals surface area (Å²) in [5.41, 5.74) is 0.139. The molecule has 0 atom stereocenters. The first kappa shape index (κ1) is 8.97. The molecular formula is C9H13NO2. The third-order valence-corrected chi connectivity index (χ3v) is 1.91. The highest BCUT2D eigenvalue weighted by molar-refractivity contribution is 5.58. The molecule has 1 rings (SSSR count). The Morgan fingerprint density at radius 2 is 1.58 bits per heavy atom. The molecule has 3 nitrogen and oxygen atoms in total. The molecule has 1 N–H and O–H groups in total. The second-order valence-corrected chi connectivity index (χ2v) is 3.91. The van der Waals surface area contributed by atoms with Crippen LogP contribution in [-0.4, -0.2) is 7.05 Å². The van der Waals surface area contributed by atoms with E-state index in [4.69, 9.17) is 0 Å². The van der Waals surface area contributed by atoms with Gasteiger partial charge in [0.15, 0.2) is 0 Å². The molecule has 0 spiro atoms. The molecule has 0 aromatic heterocycles. The van der Waals surface area contributed by atoms with Gasteiger partial charge in [0.2, 0.25) is 10.9 Å². The van der Waals surface area contributed by atoms with E-state index < -0.39 is 0 Å². The Labute approximate surface area is 71.1 Å². The molecule has 0 aliphatic heterocycles. The zero-order valence-electron chi connectivity index (χ0n) is 7.82. The van der Waals surface area contributed by atoms with Crippen molar-refractivity contribution in [3.05, 3.63) is 26.0 Å². The van der Waals surface area contributed by atoms with E-state index >= 15 is 0 Å². The van der Waals surface area contributed by atoms with Crippen LogP contribution >= 0.6 is 0 Å². The third-order valence-electron chi connectivity index (χ3n) is 1.91. The minimum Gasteiger partial charge on any atom is -0.384 e. The maximum atomic E-state index is 11.1. The first-order valence-electron chi connectivity index (χ1n) is 3.91. The first-order valence-corrected chi connectivity index (χ1v) is 3.91. The summed E-state index contributed by atoms with van der Waals surface area (Å²) < 4.78 is 0. The van der Waals surface area contributed by atoms with Crippen LogP contribution in [0.25, 0.3) is 0 Å². The van der Waals surface area contributed by atoms with Crippen LogP contribution in [0, 0.1) is 0 Å². The monoisotopic (exact) mass is 167 g/mol. The van der Waals surface area contributed by atoms with Crippen LogP contribution in [0.3, 0.4) is 0 Å². The Balaban J connectivity index is 3.29. The highest BCUT2D eigenvalue weighted by Crippen LogP contribution is 2.24. The number of hydrogen-bond donors (Lipinski definition) is 1. The second-order valence-electron chi connectivity index (χ2n) is 3.91. The van der Waals surface area contributed by atoms with Crippen molar-refractivity contribution in [1.29, 1.82) is 0 Å². The van der Waals surface area contributed by atoms with Gasteiger partial charge in [-0.15, -0.1) is 0 Å². The van der Waals surface area contributed by atoms with E-state index in [0.29, 0.717) is 11.3 Å². The maximum absolute atomic E-state index is 11.1. The van der Waals surface area contributed by atoms with Gasteiger partial charge < -0.3 is 5.32 Å². The van der Waals surface area contributed by atoms with Gasteiger partial charge in [0.25, 0.3) is 0 Å². The summed E-state index contributed by atoms with van der Waals surface area (Å²) in [5, 5.41) is 2.75. The quantitative estimate of drug-likeness (QED) is 0.624. The summed E-state index contributed by atoms with van der Waals surface area (Å²) >= 11 is 0. The molecule has 0 bridgehead atoms. The predicted molar refractivity (Wildman–Crippen MR) is 49.6 cm³/mol. The summed E-state index contributed by atoms with van der Waals surface area (Å²) in [4.78, 5) is 22.1. The lowest BCUT2D eigenvalue weighted by atomic mass is 9.82. The van der Waals surface area contributed by atoms with Gasteiger partial charge in [-0.3, -0.25) is 9.59 Å². The zero-order chi connectivity index (χ0) is 9.52. The molecule has 3 heteroatoms. The SMILES string of the molecule is CNc1c(C(C)(C)C)c(=O)c1=O. The van der Waals surface area contributed by atoms with Crippen molar-refractivity contribution in [1.82, 2.24) is 0 Å². The topological polar surface area (TPSA) is 46.2 Å². The third kappa shape index (κ3) is 1.05. The zero-order valence-corrected chi connectivity index (χ0v) is 7.82. The van der Waals surface area contributed by atoms with E-state index in [0.717, 1.165) is 0 Å². The average Bonchev–Trinajstić information content (AvgIpc) is 1.95. The molecule has 0 saturated heterocycles. The van der Waals surface area contributed by atoms with Crippen molar-refractivity contribution >= 4 is 5.69 Å².